The van der Waals surface area contributed by atoms with Gasteiger partial charge in [-0.1, -0.05) is 6.07 Å². The van der Waals surface area contributed by atoms with Gasteiger partial charge in [0.1, 0.15) is 18.1 Å². The molecule has 1 aliphatic heterocycles. The minimum Gasteiger partial charge on any atom is -0.497 e. The Morgan fingerprint density at radius 3 is 3.00 bits per heavy atom. The second-order valence-corrected chi connectivity index (χ2v) is 4.38. The Morgan fingerprint density at radius 1 is 1.37 bits per heavy atom. The number of Topliss-reactive ketones (excluding diaryl/α,β-unsaturated/α-hetero) is 1. The van der Waals surface area contributed by atoms with Gasteiger partial charge in [0, 0.05) is 18.5 Å². The molecule has 1 aromatic heterocycles. The van der Waals surface area contributed by atoms with Gasteiger partial charge in [0.25, 0.3) is 0 Å². The average molecular weight is 255 g/mol. The van der Waals surface area contributed by atoms with Crippen molar-refractivity contribution < 1.29 is 14.3 Å². The second-order valence-electron chi connectivity index (χ2n) is 4.38. The van der Waals surface area contributed by atoms with Gasteiger partial charge in [0.2, 0.25) is 0 Å². The number of nitrogens with zero attached hydrogens (tertiary/aromatic N) is 1. The Hall–Kier alpha value is -2.36. The number of methoxy groups -OCH3 is 1. The lowest BCUT2D eigenvalue weighted by Crippen LogP contribution is -2.26. The number of fused-ring (bicyclic) bond motifs is 1. The van der Waals surface area contributed by atoms with E-state index in [9.17, 15) is 4.79 Å². The molecule has 4 nitrogen and oxygen atoms in total. The van der Waals surface area contributed by atoms with Crippen LogP contribution in [0.5, 0.6) is 11.5 Å². The summed E-state index contributed by atoms with van der Waals surface area (Å²) in [5, 5.41) is 0. The van der Waals surface area contributed by atoms with Crippen LogP contribution in [0.15, 0.2) is 42.7 Å². The summed E-state index contributed by atoms with van der Waals surface area (Å²) in [4.78, 5) is 16.5. The van der Waals surface area contributed by atoms with Crippen molar-refractivity contribution in [3.05, 3.63) is 53.9 Å². The molecule has 4 heteroatoms. The van der Waals surface area contributed by atoms with Crippen LogP contribution in [-0.2, 0) is 0 Å². The minimum atomic E-state index is -0.283. The number of hydrogen-bond acceptors (Lipinski definition) is 4. The zero-order valence-electron chi connectivity index (χ0n) is 10.5. The van der Waals surface area contributed by atoms with E-state index >= 15 is 0 Å². The van der Waals surface area contributed by atoms with Crippen molar-refractivity contribution in [1.82, 2.24) is 4.98 Å². The molecule has 19 heavy (non-hydrogen) atoms. The Labute approximate surface area is 111 Å². The molecule has 0 saturated carbocycles. The van der Waals surface area contributed by atoms with Crippen LogP contribution in [0.4, 0.5) is 0 Å². The van der Waals surface area contributed by atoms with Crippen LogP contribution in [0.3, 0.4) is 0 Å². The molecule has 0 bridgehead atoms. The Balaban J connectivity index is 1.97. The zero-order chi connectivity index (χ0) is 13.2. The van der Waals surface area contributed by atoms with Crippen LogP contribution in [-0.4, -0.2) is 24.5 Å². The van der Waals surface area contributed by atoms with Crippen LogP contribution in [0, 0.1) is 0 Å². The van der Waals surface area contributed by atoms with Crippen molar-refractivity contribution in [3.8, 4) is 11.5 Å². The fourth-order valence-corrected chi connectivity index (χ4v) is 2.22. The van der Waals surface area contributed by atoms with Gasteiger partial charge in [-0.25, -0.2) is 0 Å². The van der Waals surface area contributed by atoms with E-state index in [4.69, 9.17) is 9.47 Å². The van der Waals surface area contributed by atoms with E-state index in [-0.39, 0.29) is 11.7 Å². The molecule has 3 rings (SSSR count). The summed E-state index contributed by atoms with van der Waals surface area (Å²) in [6.07, 6.45) is 3.40. The Morgan fingerprint density at radius 2 is 2.26 bits per heavy atom. The first-order valence-corrected chi connectivity index (χ1v) is 6.04. The van der Waals surface area contributed by atoms with Crippen LogP contribution in [0.1, 0.15) is 21.8 Å². The first-order valence-electron chi connectivity index (χ1n) is 6.04. The van der Waals surface area contributed by atoms with E-state index in [1.807, 2.05) is 12.1 Å². The summed E-state index contributed by atoms with van der Waals surface area (Å²) in [5.74, 6) is 1.06. The van der Waals surface area contributed by atoms with E-state index in [0.29, 0.717) is 23.7 Å². The number of carbonyl (C=O) groups excluding carboxylic acids is 1. The molecule has 0 aliphatic carbocycles. The summed E-state index contributed by atoms with van der Waals surface area (Å²) in [7, 11) is 1.59. The van der Waals surface area contributed by atoms with Gasteiger partial charge in [-0.2, -0.15) is 0 Å². The predicted octanol–water partition coefficient (Wildman–Crippen LogP) is 2.45. The smallest absolute Gasteiger partial charge is 0.177 e. The third-order valence-electron chi connectivity index (χ3n) is 3.26. The van der Waals surface area contributed by atoms with Crippen molar-refractivity contribution in [1.29, 1.82) is 0 Å². The second kappa shape index (κ2) is 4.72. The number of aromatic nitrogens is 1. The zero-order valence-corrected chi connectivity index (χ0v) is 10.5. The molecule has 0 saturated heterocycles. The average Bonchev–Trinajstić information content (AvgIpc) is 2.48. The third kappa shape index (κ3) is 2.05. The van der Waals surface area contributed by atoms with Gasteiger partial charge in [-0.15, -0.1) is 0 Å². The molecule has 0 N–H and O–H groups in total. The molecule has 0 fully saturated rings. The quantitative estimate of drug-likeness (QED) is 0.827. The molecule has 1 aromatic carbocycles. The summed E-state index contributed by atoms with van der Waals surface area (Å²) >= 11 is 0. The molecule has 1 unspecified atom stereocenters. The summed E-state index contributed by atoms with van der Waals surface area (Å²) in [6.45, 7) is 0.338. The van der Waals surface area contributed by atoms with Gasteiger partial charge < -0.3 is 9.47 Å². The predicted molar refractivity (Wildman–Crippen MR) is 69.8 cm³/mol. The summed E-state index contributed by atoms with van der Waals surface area (Å²) in [6, 6.07) is 8.98. The summed E-state index contributed by atoms with van der Waals surface area (Å²) < 4.78 is 10.8. The molecule has 2 heterocycles. The minimum absolute atomic E-state index is 0.0666. The molecule has 0 amide bonds. The highest BCUT2D eigenvalue weighted by atomic mass is 16.5. The molecular formula is C15H13NO3. The van der Waals surface area contributed by atoms with E-state index < -0.39 is 0 Å². The fourth-order valence-electron chi connectivity index (χ4n) is 2.22. The maximum absolute atomic E-state index is 12.5. The van der Waals surface area contributed by atoms with E-state index in [0.717, 1.165) is 5.56 Å². The molecule has 96 valence electrons. The van der Waals surface area contributed by atoms with E-state index in [1.54, 1.807) is 37.7 Å². The highest BCUT2D eigenvalue weighted by Crippen LogP contribution is 2.34. The monoisotopic (exact) mass is 255 g/mol. The molecule has 0 spiro atoms. The number of ketones is 1. The van der Waals surface area contributed by atoms with Crippen LogP contribution >= 0.6 is 0 Å². The first-order chi connectivity index (χ1) is 9.29. The lowest BCUT2D eigenvalue weighted by Gasteiger charge is -2.24. The van der Waals surface area contributed by atoms with E-state index in [1.165, 1.54) is 0 Å². The molecule has 1 aliphatic rings. The third-order valence-corrected chi connectivity index (χ3v) is 3.26. The molecule has 0 radical (unpaired) electrons. The maximum atomic E-state index is 12.5. The van der Waals surface area contributed by atoms with Gasteiger partial charge in [0.05, 0.1) is 18.6 Å². The number of hydrogen-bond donors (Lipinski definition) is 0. The molecule has 2 aromatic rings. The van der Waals surface area contributed by atoms with Crippen LogP contribution < -0.4 is 9.47 Å². The van der Waals surface area contributed by atoms with E-state index in [2.05, 4.69) is 4.98 Å². The van der Waals surface area contributed by atoms with Crippen molar-refractivity contribution in [2.45, 2.75) is 5.92 Å². The Bertz CT molecular complexity index is 610. The Kier molecular flexibility index (Phi) is 2.91. The highest BCUT2D eigenvalue weighted by Gasteiger charge is 2.30. The highest BCUT2D eigenvalue weighted by molar-refractivity contribution is 6.04. The maximum Gasteiger partial charge on any atom is 0.177 e. The largest absolute Gasteiger partial charge is 0.497 e. The lowest BCUT2D eigenvalue weighted by atomic mass is 9.90. The van der Waals surface area contributed by atoms with Gasteiger partial charge in [-0.3, -0.25) is 9.78 Å². The van der Waals surface area contributed by atoms with Crippen molar-refractivity contribution in [3.63, 3.8) is 0 Å². The van der Waals surface area contributed by atoms with Crippen molar-refractivity contribution in [2.75, 3.05) is 13.7 Å². The van der Waals surface area contributed by atoms with Crippen molar-refractivity contribution in [2.24, 2.45) is 0 Å². The number of pyridine rings is 1. The molecule has 1 atom stereocenters. The van der Waals surface area contributed by atoms with Crippen LogP contribution in [0.2, 0.25) is 0 Å². The summed E-state index contributed by atoms with van der Waals surface area (Å²) in [5.41, 5.74) is 1.48. The lowest BCUT2D eigenvalue weighted by molar-refractivity contribution is 0.0896. The first kappa shape index (κ1) is 11.7. The standard InChI is InChI=1S/C15H13NO3/c1-18-11-4-5-12-14(7-11)19-9-13(15(12)17)10-3-2-6-16-8-10/h2-8,13H,9H2,1H3. The number of rotatable bonds is 2. The number of carbonyl (C=O) groups is 1. The SMILES string of the molecule is COc1ccc2c(c1)OCC(c1cccnc1)C2=O. The molecular weight excluding hydrogens is 242 g/mol. The number of ether oxygens (including phenoxy) is 2. The van der Waals surface area contributed by atoms with Crippen molar-refractivity contribution >= 4 is 5.78 Å². The van der Waals surface area contributed by atoms with Gasteiger partial charge in [-0.05, 0) is 23.8 Å². The van der Waals surface area contributed by atoms with Gasteiger partial charge >= 0.3 is 0 Å². The van der Waals surface area contributed by atoms with Crippen LogP contribution in [0.25, 0.3) is 0 Å². The normalized spacial score (nSPS) is 17.5. The fraction of sp³-hybridized carbons (Fsp3) is 0.200. The number of benzene rings is 1. The topological polar surface area (TPSA) is 48.4 Å². The van der Waals surface area contributed by atoms with Gasteiger partial charge in [0.15, 0.2) is 5.78 Å².